The van der Waals surface area contributed by atoms with Crippen LogP contribution in [0.4, 0.5) is 0 Å². The first-order valence-corrected chi connectivity index (χ1v) is 12.8. The number of allylic oxidation sites excluding steroid dienone is 2. The van der Waals surface area contributed by atoms with E-state index in [2.05, 4.69) is 27.9 Å². The summed E-state index contributed by atoms with van der Waals surface area (Å²) >= 11 is 0. The van der Waals surface area contributed by atoms with Crippen LogP contribution in [0.1, 0.15) is 56.7 Å². The maximum atomic E-state index is 10.9. The molecule has 4 aromatic rings. The molecule has 1 fully saturated rings. The molecule has 0 amide bonds. The fourth-order valence-corrected chi connectivity index (χ4v) is 5.83. The highest BCUT2D eigenvalue weighted by Crippen LogP contribution is 2.41. The third-order valence-electron chi connectivity index (χ3n) is 7.62. The fraction of sp³-hybridized carbons (Fsp3) is 0.414. The molecule has 2 bridgehead atoms. The number of aliphatic hydroxyl groups is 2. The molecule has 5 heterocycles. The van der Waals surface area contributed by atoms with Crippen molar-refractivity contribution in [3.05, 3.63) is 59.3 Å². The minimum atomic E-state index is -0.999. The van der Waals surface area contributed by atoms with E-state index < -0.39 is 5.60 Å². The van der Waals surface area contributed by atoms with E-state index in [9.17, 15) is 10.2 Å². The van der Waals surface area contributed by atoms with Gasteiger partial charge in [-0.15, -0.1) is 0 Å². The lowest BCUT2D eigenvalue weighted by Gasteiger charge is -2.33. The highest BCUT2D eigenvalue weighted by molar-refractivity contribution is 6.09. The molecule has 1 saturated heterocycles. The van der Waals surface area contributed by atoms with E-state index in [0.717, 1.165) is 62.9 Å². The molecule has 0 saturated carbocycles. The predicted molar refractivity (Wildman–Crippen MR) is 143 cm³/mol. The van der Waals surface area contributed by atoms with Crippen molar-refractivity contribution in [2.45, 2.75) is 58.7 Å². The number of benzene rings is 1. The lowest BCUT2D eigenvalue weighted by molar-refractivity contribution is 0.0584. The molecule has 192 valence electrons. The number of aromatic nitrogens is 3. The summed E-state index contributed by atoms with van der Waals surface area (Å²) in [5.74, 6) is 1.10. The first-order chi connectivity index (χ1) is 17.7. The molecule has 37 heavy (non-hydrogen) atoms. The highest BCUT2D eigenvalue weighted by atomic mass is 16.5. The quantitative estimate of drug-likeness (QED) is 0.346. The van der Waals surface area contributed by atoms with Gasteiger partial charge in [0.05, 0.1) is 50.9 Å². The molecule has 3 aromatic heterocycles. The van der Waals surface area contributed by atoms with Gasteiger partial charge in [0.15, 0.2) is 5.76 Å². The van der Waals surface area contributed by atoms with Gasteiger partial charge in [-0.25, -0.2) is 0 Å². The Morgan fingerprint density at radius 1 is 1.16 bits per heavy atom. The van der Waals surface area contributed by atoms with Crippen molar-refractivity contribution in [3.63, 3.8) is 0 Å². The monoisotopic (exact) mass is 500 g/mol. The zero-order chi connectivity index (χ0) is 25.9. The molecule has 0 spiro atoms. The molecular weight excluding hydrogens is 468 g/mol. The Labute approximate surface area is 215 Å². The molecule has 1 unspecified atom stereocenters. The molecule has 2 aliphatic heterocycles. The van der Waals surface area contributed by atoms with Gasteiger partial charge in [0.2, 0.25) is 0 Å². The van der Waals surface area contributed by atoms with Gasteiger partial charge in [-0.05, 0) is 70.2 Å². The van der Waals surface area contributed by atoms with E-state index in [0.29, 0.717) is 25.5 Å². The third kappa shape index (κ3) is 4.04. The summed E-state index contributed by atoms with van der Waals surface area (Å²) in [4.78, 5) is 9.99. The standard InChI is InChI=1S/C29H32N4O4/c1-16(34)11-22-28(18-7-9-36-10-8-18)33-23-13-20(29(3,4)35)5-6-21(23)27-24(33)12-19(14-31-27)26-17(2)32-37-25(26)15-30-22/h5-6,11-14,18,28,34-35H,7-10,15H2,1-4H3/b16-11-,30-22+. The van der Waals surface area contributed by atoms with Crippen LogP contribution in [0.25, 0.3) is 33.1 Å². The minimum Gasteiger partial charge on any atom is -0.513 e. The largest absolute Gasteiger partial charge is 0.513 e. The number of nitrogens with zero attached hydrogens (tertiary/aromatic N) is 4. The van der Waals surface area contributed by atoms with E-state index in [1.165, 1.54) is 0 Å². The molecule has 8 nitrogen and oxygen atoms in total. The van der Waals surface area contributed by atoms with Gasteiger partial charge >= 0.3 is 0 Å². The van der Waals surface area contributed by atoms with Crippen molar-refractivity contribution in [1.29, 1.82) is 0 Å². The zero-order valence-corrected chi connectivity index (χ0v) is 21.7. The van der Waals surface area contributed by atoms with Gasteiger partial charge in [-0.1, -0.05) is 17.3 Å². The Kier molecular flexibility index (Phi) is 5.69. The molecule has 2 aliphatic rings. The van der Waals surface area contributed by atoms with Crippen molar-refractivity contribution in [2.24, 2.45) is 10.9 Å². The van der Waals surface area contributed by atoms with Crippen molar-refractivity contribution < 1.29 is 19.5 Å². The molecule has 2 N–H and O–H groups in total. The van der Waals surface area contributed by atoms with Crippen molar-refractivity contribution in [1.82, 2.24) is 14.7 Å². The van der Waals surface area contributed by atoms with Crippen LogP contribution in [0.3, 0.4) is 0 Å². The van der Waals surface area contributed by atoms with Crippen LogP contribution >= 0.6 is 0 Å². The molecule has 0 radical (unpaired) electrons. The fourth-order valence-electron chi connectivity index (χ4n) is 5.83. The Hall–Kier alpha value is -3.49. The first kappa shape index (κ1) is 23.9. The summed E-state index contributed by atoms with van der Waals surface area (Å²) in [6, 6.07) is 8.08. The van der Waals surface area contributed by atoms with Gasteiger partial charge in [-0.3, -0.25) is 9.98 Å². The number of aliphatic hydroxyl groups excluding tert-OH is 1. The van der Waals surface area contributed by atoms with Crippen molar-refractivity contribution >= 4 is 27.6 Å². The van der Waals surface area contributed by atoms with E-state index in [1.54, 1.807) is 26.8 Å². The number of hydrogen-bond donors (Lipinski definition) is 2. The van der Waals surface area contributed by atoms with Crippen LogP contribution in [-0.2, 0) is 16.9 Å². The minimum absolute atomic E-state index is 0.175. The SMILES string of the molecule is C/C(O)=C/C1=N\Cc2onc(C)c2-c2cnc3c4ccc(C(C)(C)O)cc4n(c3c2)C1C1CCOCC1. The molecule has 6 rings (SSSR count). The normalized spacial score (nSPS) is 20.8. The highest BCUT2D eigenvalue weighted by Gasteiger charge is 2.33. The molecule has 1 atom stereocenters. The molecule has 0 aliphatic carbocycles. The van der Waals surface area contributed by atoms with Crippen LogP contribution in [0.2, 0.25) is 0 Å². The van der Waals surface area contributed by atoms with Gasteiger partial charge in [0.25, 0.3) is 0 Å². The topological polar surface area (TPSA) is 106 Å². The molecule has 8 heteroatoms. The number of aliphatic imine (C=N–C) groups is 1. The summed E-state index contributed by atoms with van der Waals surface area (Å²) in [7, 11) is 0. The summed E-state index contributed by atoms with van der Waals surface area (Å²) in [6.45, 7) is 8.85. The van der Waals surface area contributed by atoms with E-state index in [4.69, 9.17) is 19.2 Å². The van der Waals surface area contributed by atoms with Crippen LogP contribution < -0.4 is 0 Å². The molecule has 1 aromatic carbocycles. The van der Waals surface area contributed by atoms with Crippen LogP contribution in [0.15, 0.2) is 51.8 Å². The van der Waals surface area contributed by atoms with E-state index in [1.807, 2.05) is 19.2 Å². The van der Waals surface area contributed by atoms with Gasteiger partial charge in [0.1, 0.15) is 6.54 Å². The van der Waals surface area contributed by atoms with Crippen LogP contribution in [-0.4, -0.2) is 43.8 Å². The zero-order valence-electron chi connectivity index (χ0n) is 21.7. The Bertz CT molecular complexity index is 1560. The summed E-state index contributed by atoms with van der Waals surface area (Å²) in [5, 5.41) is 26.5. The number of rotatable bonds is 3. The smallest absolute Gasteiger partial charge is 0.166 e. The van der Waals surface area contributed by atoms with Crippen molar-refractivity contribution in [3.8, 4) is 11.1 Å². The van der Waals surface area contributed by atoms with Gasteiger partial charge in [-0.2, -0.15) is 0 Å². The second kappa shape index (κ2) is 8.82. The van der Waals surface area contributed by atoms with Gasteiger partial charge in [0, 0.05) is 30.4 Å². The first-order valence-electron chi connectivity index (χ1n) is 12.8. The maximum absolute atomic E-state index is 10.9. The summed E-state index contributed by atoms with van der Waals surface area (Å²) < 4.78 is 13.7. The predicted octanol–water partition coefficient (Wildman–Crippen LogP) is 5.76. The van der Waals surface area contributed by atoms with E-state index >= 15 is 0 Å². The van der Waals surface area contributed by atoms with E-state index in [-0.39, 0.29) is 17.7 Å². The second-order valence-corrected chi connectivity index (χ2v) is 10.7. The number of ether oxygens (including phenoxy) is 1. The van der Waals surface area contributed by atoms with Crippen LogP contribution in [0.5, 0.6) is 0 Å². The summed E-state index contributed by atoms with van der Waals surface area (Å²) in [6.07, 6.45) is 5.38. The van der Waals surface area contributed by atoms with Crippen molar-refractivity contribution in [2.75, 3.05) is 13.2 Å². The van der Waals surface area contributed by atoms with Crippen LogP contribution in [0, 0.1) is 12.8 Å². The second-order valence-electron chi connectivity index (χ2n) is 10.7. The lowest BCUT2D eigenvalue weighted by atomic mass is 9.87. The average Bonchev–Trinajstić information content (AvgIpc) is 3.39. The number of pyridine rings is 1. The number of aryl methyl sites for hydroxylation is 1. The lowest BCUT2D eigenvalue weighted by Crippen LogP contribution is -2.31. The average molecular weight is 501 g/mol. The van der Waals surface area contributed by atoms with Gasteiger partial charge < -0.3 is 24.0 Å². The Morgan fingerprint density at radius 3 is 2.68 bits per heavy atom. The number of hydrogen-bond acceptors (Lipinski definition) is 7. The molecular formula is C29H32N4O4. The third-order valence-corrected chi connectivity index (χ3v) is 7.62. The Balaban J connectivity index is 1.75. The number of fused-ring (bicyclic) bond motifs is 6. The maximum Gasteiger partial charge on any atom is 0.166 e. The summed E-state index contributed by atoms with van der Waals surface area (Å²) in [5.41, 5.74) is 6.07. The Morgan fingerprint density at radius 2 is 1.95 bits per heavy atom.